The number of nitrogens with zero attached hydrogens (tertiary/aromatic N) is 6. The first-order valence-corrected chi connectivity index (χ1v) is 15.2. The van der Waals surface area contributed by atoms with Crippen LogP contribution in [0.15, 0.2) is 36.5 Å². The van der Waals surface area contributed by atoms with Gasteiger partial charge in [-0.1, -0.05) is 13.8 Å². The fraction of sp³-hybridized carbons (Fsp3) is 0.464. The summed E-state index contributed by atoms with van der Waals surface area (Å²) >= 11 is 0.902. The highest BCUT2D eigenvalue weighted by atomic mass is 32.1. The van der Waals surface area contributed by atoms with Gasteiger partial charge in [0.05, 0.1) is 22.9 Å². The number of piperazine rings is 1. The molecular weight excluding hydrogens is 658 g/mol. The third kappa shape index (κ3) is 10.0. The van der Waals surface area contributed by atoms with Gasteiger partial charge in [-0.15, -0.1) is 4.37 Å². The van der Waals surface area contributed by atoms with E-state index in [1.54, 1.807) is 17.0 Å². The van der Waals surface area contributed by atoms with E-state index in [0.717, 1.165) is 24.8 Å². The van der Waals surface area contributed by atoms with Gasteiger partial charge < -0.3 is 29.5 Å². The maximum atomic E-state index is 13.2. The molecule has 0 bridgehead atoms. The molecule has 19 heteroatoms. The lowest BCUT2D eigenvalue weighted by molar-refractivity contribution is -0.143. The van der Waals surface area contributed by atoms with Gasteiger partial charge in [-0.25, -0.2) is 14.6 Å². The molecule has 3 heterocycles. The van der Waals surface area contributed by atoms with Crippen LogP contribution in [-0.4, -0.2) is 88.1 Å². The summed E-state index contributed by atoms with van der Waals surface area (Å²) in [7, 11) is 0. The number of aromatic nitrogens is 3. The topological polar surface area (TPSA) is 125 Å². The number of urea groups is 1. The highest BCUT2D eigenvalue weighted by molar-refractivity contribution is 6.99. The second-order valence-corrected chi connectivity index (χ2v) is 10.7. The summed E-state index contributed by atoms with van der Waals surface area (Å²) in [5.74, 6) is 0.898. The molecule has 0 radical (unpaired) electrons. The van der Waals surface area contributed by atoms with Gasteiger partial charge in [0.25, 0.3) is 5.88 Å². The van der Waals surface area contributed by atoms with Gasteiger partial charge in [-0.3, -0.25) is 5.32 Å². The smallest absolute Gasteiger partial charge is 0.416 e. The molecule has 12 nitrogen and oxygen atoms in total. The predicted molar refractivity (Wildman–Crippen MR) is 160 cm³/mol. The van der Waals surface area contributed by atoms with Gasteiger partial charge in [0, 0.05) is 44.6 Å². The van der Waals surface area contributed by atoms with E-state index in [-0.39, 0.29) is 57.2 Å². The number of carbonyl (C=O) groups excluding carboxylic acids is 2. The van der Waals surface area contributed by atoms with E-state index in [9.17, 15) is 35.9 Å². The monoisotopic (exact) mass is 690 g/mol. The maximum Gasteiger partial charge on any atom is 0.416 e. The zero-order valence-corrected chi connectivity index (χ0v) is 26.1. The quantitative estimate of drug-likeness (QED) is 0.241. The number of amides is 3. The lowest BCUT2D eigenvalue weighted by Crippen LogP contribution is -2.50. The van der Waals surface area contributed by atoms with Crippen LogP contribution < -0.4 is 20.3 Å². The second kappa shape index (κ2) is 15.5. The molecule has 1 aliphatic rings. The molecule has 47 heavy (non-hydrogen) atoms. The van der Waals surface area contributed by atoms with Crippen molar-refractivity contribution in [1.82, 2.24) is 23.5 Å². The van der Waals surface area contributed by atoms with Crippen LogP contribution in [0, 0.1) is 0 Å². The molecular formula is C28H32F6N8O4S. The van der Waals surface area contributed by atoms with E-state index in [1.165, 1.54) is 11.1 Å². The van der Waals surface area contributed by atoms with Gasteiger partial charge in [0.1, 0.15) is 19.0 Å². The van der Waals surface area contributed by atoms with E-state index < -0.39 is 41.3 Å². The summed E-state index contributed by atoms with van der Waals surface area (Å²) in [6, 6.07) is 3.36. The van der Waals surface area contributed by atoms with Crippen LogP contribution in [0.4, 0.5) is 53.3 Å². The molecule has 2 N–H and O–H groups in total. The van der Waals surface area contributed by atoms with Crippen LogP contribution in [0.25, 0.3) is 0 Å². The normalized spacial score (nSPS) is 13.9. The van der Waals surface area contributed by atoms with Crippen molar-refractivity contribution in [2.75, 3.05) is 68.0 Å². The highest BCUT2D eigenvalue weighted by Crippen LogP contribution is 2.37. The standard InChI is InChI=1S/C28H32F6N8O4S/c1-3-40(4-2)11-12-45-26(44)37-22-13-18(5-6-35-22)17-46-24-23(38-47-39-24)41-7-9-42(10-8-41)25(43)36-21-15-19(27(29,30)31)14-20(16-21)28(32,33)34/h5-6,13-16H,3-4,7-12,17H2,1-2H3,(H,36,43)(H,35,37,44). The number of halogens is 6. The van der Waals surface area contributed by atoms with E-state index in [2.05, 4.69) is 29.3 Å². The van der Waals surface area contributed by atoms with Gasteiger partial charge >= 0.3 is 24.5 Å². The number of carbonyl (C=O) groups is 2. The zero-order valence-electron chi connectivity index (χ0n) is 25.3. The Bertz CT molecular complexity index is 1480. The number of alkyl halides is 6. The number of anilines is 3. The van der Waals surface area contributed by atoms with Crippen molar-refractivity contribution >= 4 is 41.2 Å². The molecule has 256 valence electrons. The molecule has 3 aromatic rings. The van der Waals surface area contributed by atoms with Crippen molar-refractivity contribution in [3.63, 3.8) is 0 Å². The van der Waals surface area contributed by atoms with Gasteiger partial charge in [-0.2, -0.15) is 30.7 Å². The van der Waals surface area contributed by atoms with Crippen molar-refractivity contribution in [3.05, 3.63) is 53.2 Å². The first-order valence-electron chi connectivity index (χ1n) is 14.4. The van der Waals surface area contributed by atoms with Crippen molar-refractivity contribution < 1.29 is 45.4 Å². The zero-order chi connectivity index (χ0) is 34.2. The van der Waals surface area contributed by atoms with Crippen molar-refractivity contribution in [1.29, 1.82) is 0 Å². The fourth-order valence-corrected chi connectivity index (χ4v) is 5.06. The van der Waals surface area contributed by atoms with E-state index in [1.807, 2.05) is 13.8 Å². The van der Waals surface area contributed by atoms with Crippen LogP contribution in [0.2, 0.25) is 0 Å². The predicted octanol–water partition coefficient (Wildman–Crippen LogP) is 5.79. The fourth-order valence-electron chi connectivity index (χ4n) is 4.54. The molecule has 4 rings (SSSR count). The summed E-state index contributed by atoms with van der Waals surface area (Å²) in [6.07, 6.45) is -9.22. The third-order valence-corrected chi connectivity index (χ3v) is 7.61. The molecule has 1 aliphatic heterocycles. The maximum absolute atomic E-state index is 13.2. The Balaban J connectivity index is 1.29. The number of hydrogen-bond acceptors (Lipinski definition) is 10. The Kier molecular flexibility index (Phi) is 11.7. The number of pyridine rings is 1. The third-order valence-electron chi connectivity index (χ3n) is 7.11. The van der Waals surface area contributed by atoms with E-state index in [4.69, 9.17) is 9.47 Å². The van der Waals surface area contributed by atoms with Crippen LogP contribution in [0.3, 0.4) is 0 Å². The van der Waals surface area contributed by atoms with Crippen LogP contribution >= 0.6 is 11.7 Å². The van der Waals surface area contributed by atoms with Crippen molar-refractivity contribution in [2.24, 2.45) is 0 Å². The largest absolute Gasteiger partial charge is 0.470 e. The summed E-state index contributed by atoms with van der Waals surface area (Å²) in [5, 5.41) is 4.73. The molecule has 0 unspecified atom stereocenters. The minimum absolute atomic E-state index is 0.00719. The summed E-state index contributed by atoms with van der Waals surface area (Å²) in [4.78, 5) is 34.2. The number of ether oxygens (including phenoxy) is 2. The SMILES string of the molecule is CCN(CC)CCOC(=O)Nc1cc(COc2nsnc2N2CCN(C(=O)Nc3cc(C(F)(F)F)cc(C(F)(F)F)c3)CC2)ccn1. The molecule has 1 aromatic carbocycles. The van der Waals surface area contributed by atoms with E-state index in [0.29, 0.717) is 30.1 Å². The summed E-state index contributed by atoms with van der Waals surface area (Å²) in [6.45, 7) is 7.31. The second-order valence-electron chi connectivity index (χ2n) is 10.2. The van der Waals surface area contributed by atoms with Gasteiger partial charge in [0.15, 0.2) is 0 Å². The first kappa shape index (κ1) is 35.5. The number of nitrogens with one attached hydrogen (secondary N) is 2. The minimum Gasteiger partial charge on any atom is -0.470 e. The Morgan fingerprint density at radius 1 is 0.936 bits per heavy atom. The summed E-state index contributed by atoms with van der Waals surface area (Å²) < 4.78 is 98.7. The Morgan fingerprint density at radius 3 is 2.21 bits per heavy atom. The molecule has 0 aliphatic carbocycles. The first-order chi connectivity index (χ1) is 22.3. The molecule has 1 saturated heterocycles. The molecule has 0 saturated carbocycles. The van der Waals surface area contributed by atoms with E-state index >= 15 is 0 Å². The lowest BCUT2D eigenvalue weighted by atomic mass is 10.1. The van der Waals surface area contributed by atoms with Gasteiger partial charge in [-0.05, 0) is 49.0 Å². The lowest BCUT2D eigenvalue weighted by Gasteiger charge is -2.34. The number of likely N-dealkylation sites (N-methyl/N-ethyl adjacent to an activating group) is 1. The van der Waals surface area contributed by atoms with Crippen LogP contribution in [-0.2, 0) is 23.7 Å². The Morgan fingerprint density at radius 2 is 1.60 bits per heavy atom. The average molecular weight is 691 g/mol. The van der Waals surface area contributed by atoms with Crippen molar-refractivity contribution in [3.8, 4) is 5.88 Å². The number of rotatable bonds is 11. The van der Waals surface area contributed by atoms with Crippen LogP contribution in [0.5, 0.6) is 5.88 Å². The molecule has 1 fully saturated rings. The highest BCUT2D eigenvalue weighted by Gasteiger charge is 2.37. The molecule has 0 spiro atoms. The summed E-state index contributed by atoms with van der Waals surface area (Å²) in [5.41, 5.74) is -3.01. The Labute approximate surface area is 270 Å². The minimum atomic E-state index is -5.04. The van der Waals surface area contributed by atoms with Gasteiger partial charge in [0.2, 0.25) is 5.82 Å². The average Bonchev–Trinajstić information content (AvgIpc) is 3.50. The molecule has 2 aromatic heterocycles. The van der Waals surface area contributed by atoms with Crippen molar-refractivity contribution in [2.45, 2.75) is 32.8 Å². The number of benzene rings is 1. The van der Waals surface area contributed by atoms with Crippen LogP contribution in [0.1, 0.15) is 30.5 Å². The molecule has 0 atom stereocenters. The Hall–Kier alpha value is -4.39. The molecule has 3 amide bonds. The number of hydrogen-bond donors (Lipinski definition) is 2.